The Morgan fingerprint density at radius 2 is 1.04 bits per heavy atom. The van der Waals surface area contributed by atoms with Crippen molar-refractivity contribution in [1.82, 2.24) is 0 Å². The molecular weight excluding hydrogens is 363 g/mol. The lowest BCUT2D eigenvalue weighted by Crippen LogP contribution is -2.46. The highest BCUT2D eigenvalue weighted by Crippen LogP contribution is 2.56. The molecule has 3 heteroatoms. The van der Waals surface area contributed by atoms with Crippen molar-refractivity contribution in [3.63, 3.8) is 0 Å². The molecule has 1 nitrogen and oxygen atoms in total. The molecule has 3 aromatic carbocycles. The lowest BCUT2D eigenvalue weighted by molar-refractivity contribution is 0.578. The first-order valence-electron chi connectivity index (χ1n) is 9.61. The van der Waals surface area contributed by atoms with E-state index in [2.05, 4.69) is 75.1 Å². The second-order valence-corrected chi connectivity index (χ2v) is 17.1. The third-order valence-electron chi connectivity index (χ3n) is 5.36. The number of rotatable bonds is 6. The predicted molar refractivity (Wildman–Crippen MR) is 122 cm³/mol. The average Bonchev–Trinajstić information content (AvgIpc) is 2.69. The van der Waals surface area contributed by atoms with Gasteiger partial charge in [-0.25, -0.2) is 0 Å². The molecule has 0 unspecified atom stereocenters. The molecule has 0 radical (unpaired) electrons. The van der Waals surface area contributed by atoms with Gasteiger partial charge in [0.05, 0.1) is 8.07 Å². The molecule has 0 spiro atoms. The average molecular weight is 393 g/mol. The summed E-state index contributed by atoms with van der Waals surface area (Å²) in [5.41, 5.74) is 1.28. The summed E-state index contributed by atoms with van der Waals surface area (Å²) < 4.78 is 15.0. The molecular formula is C24H29OPSi. The van der Waals surface area contributed by atoms with E-state index in [1.54, 1.807) is 0 Å². The molecule has 0 saturated heterocycles. The summed E-state index contributed by atoms with van der Waals surface area (Å²) >= 11 is 0. The zero-order valence-electron chi connectivity index (χ0n) is 16.7. The van der Waals surface area contributed by atoms with Crippen LogP contribution in [0.5, 0.6) is 0 Å². The Kier molecular flexibility index (Phi) is 5.88. The predicted octanol–water partition coefficient (Wildman–Crippen LogP) is 6.05. The quantitative estimate of drug-likeness (QED) is 0.369. The SMILES string of the molecule is C[C@@H](c1ccccc1)[C@H]([Si](C)(C)C)P(=O)(c1ccccc1)c1ccccc1. The minimum Gasteiger partial charge on any atom is -0.314 e. The van der Waals surface area contributed by atoms with Gasteiger partial charge in [0.2, 0.25) is 0 Å². The summed E-state index contributed by atoms with van der Waals surface area (Å²) in [6.45, 7) is 9.33. The topological polar surface area (TPSA) is 17.1 Å². The number of benzene rings is 3. The van der Waals surface area contributed by atoms with Crippen molar-refractivity contribution in [3.8, 4) is 0 Å². The fourth-order valence-electron chi connectivity index (χ4n) is 4.32. The normalized spacial score (nSPS) is 14.5. The molecule has 0 bridgehead atoms. The van der Waals surface area contributed by atoms with Crippen LogP contribution in [0.3, 0.4) is 0 Å². The van der Waals surface area contributed by atoms with Gasteiger partial charge in [-0.15, -0.1) is 0 Å². The maximum Gasteiger partial charge on any atom is 0.144 e. The minimum absolute atomic E-state index is 0.122. The van der Waals surface area contributed by atoms with Gasteiger partial charge in [-0.05, 0) is 11.5 Å². The second kappa shape index (κ2) is 8.00. The third-order valence-corrected chi connectivity index (χ3v) is 14.4. The standard InChI is InChI=1S/C24H29OPSi/c1-20(21-14-8-5-9-15-21)24(27(2,3)4)26(25,22-16-10-6-11-17-22)23-18-12-7-13-19-23/h5-20,24H,1-4H3/t20-,24-/m0/s1. The van der Waals surface area contributed by atoms with Crippen molar-refractivity contribution in [1.29, 1.82) is 0 Å². The van der Waals surface area contributed by atoms with Crippen molar-refractivity contribution in [2.45, 2.75) is 37.8 Å². The van der Waals surface area contributed by atoms with Crippen LogP contribution in [-0.2, 0) is 4.57 Å². The van der Waals surface area contributed by atoms with Crippen molar-refractivity contribution < 1.29 is 4.57 Å². The Morgan fingerprint density at radius 3 is 1.41 bits per heavy atom. The van der Waals surface area contributed by atoms with E-state index in [0.29, 0.717) is 0 Å². The van der Waals surface area contributed by atoms with Crippen LogP contribution in [0.25, 0.3) is 0 Å². The largest absolute Gasteiger partial charge is 0.314 e. The van der Waals surface area contributed by atoms with Crippen molar-refractivity contribution >= 4 is 25.8 Å². The Labute approximate surface area is 164 Å². The van der Waals surface area contributed by atoms with Gasteiger partial charge in [-0.2, -0.15) is 0 Å². The van der Waals surface area contributed by atoms with E-state index in [-0.39, 0.29) is 11.2 Å². The van der Waals surface area contributed by atoms with Crippen molar-refractivity contribution in [2.75, 3.05) is 0 Å². The second-order valence-electron chi connectivity index (χ2n) is 8.34. The van der Waals surface area contributed by atoms with E-state index in [1.165, 1.54) is 5.56 Å². The number of hydrogen-bond acceptors (Lipinski definition) is 1. The van der Waals surface area contributed by atoms with Crippen molar-refractivity contribution in [3.05, 3.63) is 96.6 Å². The summed E-state index contributed by atoms with van der Waals surface area (Å²) in [6.07, 6.45) is 0. The van der Waals surface area contributed by atoms with Crippen LogP contribution in [0.1, 0.15) is 18.4 Å². The Morgan fingerprint density at radius 1 is 0.667 bits per heavy atom. The van der Waals surface area contributed by atoms with Crippen LogP contribution < -0.4 is 10.6 Å². The van der Waals surface area contributed by atoms with Gasteiger partial charge in [-0.1, -0.05) is 118 Å². The van der Waals surface area contributed by atoms with Gasteiger partial charge in [0.25, 0.3) is 0 Å². The molecule has 0 fully saturated rings. The molecule has 140 valence electrons. The molecule has 0 N–H and O–H groups in total. The molecule has 0 heterocycles. The van der Waals surface area contributed by atoms with Gasteiger partial charge in [0.1, 0.15) is 7.14 Å². The van der Waals surface area contributed by atoms with Crippen LogP contribution in [0.15, 0.2) is 91.0 Å². The van der Waals surface area contributed by atoms with E-state index < -0.39 is 15.2 Å². The molecule has 0 aromatic heterocycles. The summed E-state index contributed by atoms with van der Waals surface area (Å²) in [5, 5.41) is 2.08. The minimum atomic E-state index is -2.82. The van der Waals surface area contributed by atoms with Crippen LogP contribution in [0.2, 0.25) is 19.6 Å². The number of hydrogen-bond donors (Lipinski definition) is 0. The van der Waals surface area contributed by atoms with Gasteiger partial charge in [-0.3, -0.25) is 0 Å². The molecule has 0 aliphatic rings. The fourth-order valence-corrected chi connectivity index (χ4v) is 14.2. The molecule has 0 saturated carbocycles. The monoisotopic (exact) mass is 392 g/mol. The highest BCUT2D eigenvalue weighted by Gasteiger charge is 2.47. The summed E-state index contributed by atoms with van der Waals surface area (Å²) in [4.78, 5) is 0. The smallest absolute Gasteiger partial charge is 0.144 e. The van der Waals surface area contributed by atoms with E-state index >= 15 is 4.57 Å². The van der Waals surface area contributed by atoms with Gasteiger partial charge in [0, 0.05) is 15.9 Å². The van der Waals surface area contributed by atoms with Crippen molar-refractivity contribution in [2.24, 2.45) is 0 Å². The molecule has 0 amide bonds. The van der Waals surface area contributed by atoms with Crippen LogP contribution in [0, 0.1) is 0 Å². The molecule has 3 rings (SSSR count). The highest BCUT2D eigenvalue weighted by molar-refractivity contribution is 7.81. The first-order chi connectivity index (χ1) is 12.8. The highest BCUT2D eigenvalue weighted by atomic mass is 31.2. The van der Waals surface area contributed by atoms with E-state index in [4.69, 9.17) is 0 Å². The first kappa shape index (κ1) is 19.9. The van der Waals surface area contributed by atoms with E-state index in [1.807, 2.05) is 42.5 Å². The van der Waals surface area contributed by atoms with Crippen LogP contribution in [0.4, 0.5) is 0 Å². The fraction of sp³-hybridized carbons (Fsp3) is 0.250. The van der Waals surface area contributed by atoms with Crippen LogP contribution >= 0.6 is 7.14 Å². The Hall–Kier alpha value is -1.89. The molecule has 0 aliphatic carbocycles. The lowest BCUT2D eigenvalue weighted by Gasteiger charge is -2.41. The Bertz CT molecular complexity index is 858. The van der Waals surface area contributed by atoms with E-state index in [9.17, 15) is 0 Å². The maximum absolute atomic E-state index is 15.0. The van der Waals surface area contributed by atoms with Gasteiger partial charge in [0.15, 0.2) is 0 Å². The van der Waals surface area contributed by atoms with E-state index in [0.717, 1.165) is 10.6 Å². The summed E-state index contributed by atoms with van der Waals surface area (Å²) in [5.74, 6) is 0.226. The summed E-state index contributed by atoms with van der Waals surface area (Å²) in [7, 11) is -4.61. The molecule has 0 aliphatic heterocycles. The van der Waals surface area contributed by atoms with Gasteiger partial charge < -0.3 is 4.57 Å². The lowest BCUT2D eigenvalue weighted by atomic mass is 10.0. The third kappa shape index (κ3) is 4.02. The van der Waals surface area contributed by atoms with Crippen LogP contribution in [-0.4, -0.2) is 13.4 Å². The molecule has 3 aromatic rings. The Balaban J connectivity index is 2.26. The zero-order chi connectivity index (χ0) is 19.5. The first-order valence-corrected chi connectivity index (χ1v) is 15.0. The maximum atomic E-state index is 15.0. The van der Waals surface area contributed by atoms with Gasteiger partial charge >= 0.3 is 0 Å². The molecule has 2 atom stereocenters. The zero-order valence-corrected chi connectivity index (χ0v) is 18.6. The summed E-state index contributed by atoms with van der Waals surface area (Å²) in [6, 6.07) is 30.9. The molecule has 27 heavy (non-hydrogen) atoms.